The SMILES string of the molecule is O=C(Nc1ccsc1Cl)N[C@@H]1CCCC12CCOCC2. The molecular weight excluding hydrogens is 296 g/mol. The number of urea groups is 1. The Morgan fingerprint density at radius 2 is 2.20 bits per heavy atom. The van der Waals surface area contributed by atoms with E-state index in [1.807, 2.05) is 11.4 Å². The quantitative estimate of drug-likeness (QED) is 0.870. The summed E-state index contributed by atoms with van der Waals surface area (Å²) >= 11 is 7.42. The first kappa shape index (κ1) is 14.2. The van der Waals surface area contributed by atoms with E-state index in [2.05, 4.69) is 10.6 Å². The number of ether oxygens (including phenoxy) is 1. The molecule has 1 aromatic rings. The van der Waals surface area contributed by atoms with E-state index in [9.17, 15) is 4.79 Å². The van der Waals surface area contributed by atoms with E-state index in [0.717, 1.165) is 32.5 Å². The minimum absolute atomic E-state index is 0.150. The maximum atomic E-state index is 12.1. The van der Waals surface area contributed by atoms with Gasteiger partial charge in [-0.15, -0.1) is 11.3 Å². The van der Waals surface area contributed by atoms with E-state index in [0.29, 0.717) is 10.0 Å². The van der Waals surface area contributed by atoms with E-state index < -0.39 is 0 Å². The van der Waals surface area contributed by atoms with Crippen molar-refractivity contribution in [3.63, 3.8) is 0 Å². The molecule has 1 spiro atoms. The molecule has 0 unspecified atom stereocenters. The third-order valence-electron chi connectivity index (χ3n) is 4.57. The van der Waals surface area contributed by atoms with E-state index in [1.165, 1.54) is 24.2 Å². The second-order valence-corrected chi connectivity index (χ2v) is 7.14. The Morgan fingerprint density at radius 3 is 2.90 bits per heavy atom. The Bertz CT molecular complexity index is 485. The van der Waals surface area contributed by atoms with E-state index in [4.69, 9.17) is 16.3 Å². The fraction of sp³-hybridized carbons (Fsp3) is 0.643. The number of halogens is 1. The van der Waals surface area contributed by atoms with Gasteiger partial charge in [-0.2, -0.15) is 0 Å². The van der Waals surface area contributed by atoms with Gasteiger partial charge in [0.25, 0.3) is 0 Å². The molecule has 3 rings (SSSR count). The highest BCUT2D eigenvalue weighted by Gasteiger charge is 2.44. The number of nitrogens with one attached hydrogen (secondary N) is 2. The third-order valence-corrected chi connectivity index (χ3v) is 5.74. The van der Waals surface area contributed by atoms with Crippen LogP contribution in [0.1, 0.15) is 32.1 Å². The molecule has 1 saturated carbocycles. The van der Waals surface area contributed by atoms with Crippen LogP contribution in [0.2, 0.25) is 4.34 Å². The summed E-state index contributed by atoms with van der Waals surface area (Å²) < 4.78 is 6.08. The summed E-state index contributed by atoms with van der Waals surface area (Å²) in [6.45, 7) is 1.63. The number of hydrogen-bond donors (Lipinski definition) is 2. The summed E-state index contributed by atoms with van der Waals surface area (Å²) in [4.78, 5) is 12.1. The van der Waals surface area contributed by atoms with Crippen molar-refractivity contribution in [3.05, 3.63) is 15.8 Å². The van der Waals surface area contributed by atoms with Crippen LogP contribution in [0.4, 0.5) is 10.5 Å². The molecule has 2 N–H and O–H groups in total. The zero-order valence-corrected chi connectivity index (χ0v) is 12.9. The molecule has 110 valence electrons. The minimum atomic E-state index is -0.150. The maximum absolute atomic E-state index is 12.1. The number of thiophene rings is 1. The van der Waals surface area contributed by atoms with Crippen LogP contribution in [0.25, 0.3) is 0 Å². The molecule has 1 aromatic heterocycles. The standard InChI is InChI=1S/C14H19ClN2O2S/c15-12-10(3-9-20-12)16-13(18)17-11-2-1-4-14(11)5-7-19-8-6-14/h3,9,11H,1-2,4-8H2,(H2,16,17,18)/t11-/m1/s1. The van der Waals surface area contributed by atoms with Crippen LogP contribution in [0.15, 0.2) is 11.4 Å². The van der Waals surface area contributed by atoms with Crippen molar-refractivity contribution >= 4 is 34.7 Å². The zero-order valence-electron chi connectivity index (χ0n) is 11.3. The molecule has 0 aromatic carbocycles. The number of carbonyl (C=O) groups is 1. The van der Waals surface area contributed by atoms with Crippen LogP contribution in [0.3, 0.4) is 0 Å². The van der Waals surface area contributed by atoms with Crippen LogP contribution in [0.5, 0.6) is 0 Å². The molecule has 1 aliphatic carbocycles. The number of rotatable bonds is 2. The second-order valence-electron chi connectivity index (χ2n) is 5.63. The molecule has 2 aliphatic rings. The largest absolute Gasteiger partial charge is 0.381 e. The lowest BCUT2D eigenvalue weighted by Crippen LogP contribution is -2.48. The van der Waals surface area contributed by atoms with Crippen molar-refractivity contribution in [1.82, 2.24) is 5.32 Å². The molecule has 20 heavy (non-hydrogen) atoms. The molecule has 2 heterocycles. The van der Waals surface area contributed by atoms with Gasteiger partial charge < -0.3 is 15.4 Å². The van der Waals surface area contributed by atoms with Gasteiger partial charge in [-0.25, -0.2) is 4.79 Å². The van der Waals surface area contributed by atoms with Gasteiger partial charge in [-0.05, 0) is 42.5 Å². The van der Waals surface area contributed by atoms with Crippen LogP contribution < -0.4 is 10.6 Å². The van der Waals surface area contributed by atoms with Crippen molar-refractivity contribution in [1.29, 1.82) is 0 Å². The monoisotopic (exact) mass is 314 g/mol. The molecule has 1 aliphatic heterocycles. The summed E-state index contributed by atoms with van der Waals surface area (Å²) in [6, 6.07) is 1.93. The summed E-state index contributed by atoms with van der Waals surface area (Å²) in [5.41, 5.74) is 0.932. The smallest absolute Gasteiger partial charge is 0.319 e. The first-order chi connectivity index (χ1) is 9.70. The van der Waals surface area contributed by atoms with Crippen molar-refractivity contribution < 1.29 is 9.53 Å². The lowest BCUT2D eigenvalue weighted by Gasteiger charge is -2.39. The zero-order chi connectivity index (χ0) is 14.0. The van der Waals surface area contributed by atoms with Gasteiger partial charge in [-0.1, -0.05) is 18.0 Å². The summed E-state index contributed by atoms with van der Waals surface area (Å²) in [6.07, 6.45) is 5.55. The Hall–Kier alpha value is -0.780. The van der Waals surface area contributed by atoms with Crippen LogP contribution in [0, 0.1) is 5.41 Å². The average Bonchev–Trinajstić information content (AvgIpc) is 3.00. The van der Waals surface area contributed by atoms with Crippen LogP contribution in [-0.2, 0) is 4.74 Å². The van der Waals surface area contributed by atoms with Gasteiger partial charge in [-0.3, -0.25) is 0 Å². The van der Waals surface area contributed by atoms with E-state index in [-0.39, 0.29) is 17.5 Å². The molecule has 0 bridgehead atoms. The Balaban J connectivity index is 1.62. The topological polar surface area (TPSA) is 50.4 Å². The van der Waals surface area contributed by atoms with Crippen molar-refractivity contribution in [2.75, 3.05) is 18.5 Å². The molecular formula is C14H19ClN2O2S. The van der Waals surface area contributed by atoms with Crippen molar-refractivity contribution in [2.45, 2.75) is 38.1 Å². The minimum Gasteiger partial charge on any atom is -0.381 e. The predicted octanol–water partition coefficient (Wildman–Crippen LogP) is 3.87. The third kappa shape index (κ3) is 2.80. The van der Waals surface area contributed by atoms with Gasteiger partial charge in [0.1, 0.15) is 4.34 Å². The fourth-order valence-electron chi connectivity index (χ4n) is 3.44. The first-order valence-corrected chi connectivity index (χ1v) is 8.34. The van der Waals surface area contributed by atoms with Gasteiger partial charge in [0.05, 0.1) is 5.69 Å². The molecule has 6 heteroatoms. The maximum Gasteiger partial charge on any atom is 0.319 e. The molecule has 4 nitrogen and oxygen atoms in total. The highest BCUT2D eigenvalue weighted by Crippen LogP contribution is 2.46. The average molecular weight is 315 g/mol. The van der Waals surface area contributed by atoms with Crippen molar-refractivity contribution in [3.8, 4) is 0 Å². The highest BCUT2D eigenvalue weighted by molar-refractivity contribution is 7.15. The fourth-order valence-corrected chi connectivity index (χ4v) is 4.27. The summed E-state index contributed by atoms with van der Waals surface area (Å²) in [5.74, 6) is 0. The molecule has 2 fully saturated rings. The summed E-state index contributed by atoms with van der Waals surface area (Å²) in [5, 5.41) is 7.85. The van der Waals surface area contributed by atoms with Crippen LogP contribution >= 0.6 is 22.9 Å². The molecule has 1 atom stereocenters. The number of amides is 2. The Kier molecular flexibility index (Phi) is 4.19. The van der Waals surface area contributed by atoms with E-state index >= 15 is 0 Å². The van der Waals surface area contributed by atoms with E-state index in [1.54, 1.807) is 0 Å². The second kappa shape index (κ2) is 5.92. The molecule has 1 saturated heterocycles. The van der Waals surface area contributed by atoms with Gasteiger partial charge in [0, 0.05) is 19.3 Å². The highest BCUT2D eigenvalue weighted by atomic mass is 35.5. The Morgan fingerprint density at radius 1 is 1.40 bits per heavy atom. The van der Waals surface area contributed by atoms with Crippen molar-refractivity contribution in [2.24, 2.45) is 5.41 Å². The predicted molar refractivity (Wildman–Crippen MR) is 81.6 cm³/mol. The molecule has 0 radical (unpaired) electrons. The normalized spacial score (nSPS) is 24.8. The molecule has 2 amide bonds. The van der Waals surface area contributed by atoms with Gasteiger partial charge in [0.2, 0.25) is 0 Å². The number of anilines is 1. The Labute approximate surface area is 127 Å². The number of hydrogen-bond acceptors (Lipinski definition) is 3. The lowest BCUT2D eigenvalue weighted by molar-refractivity contribution is 0.00652. The van der Waals surface area contributed by atoms with Gasteiger partial charge >= 0.3 is 6.03 Å². The van der Waals surface area contributed by atoms with Crippen LogP contribution in [-0.4, -0.2) is 25.3 Å². The van der Waals surface area contributed by atoms with Gasteiger partial charge in [0.15, 0.2) is 0 Å². The first-order valence-electron chi connectivity index (χ1n) is 7.08. The summed E-state index contributed by atoms with van der Waals surface area (Å²) in [7, 11) is 0. The number of carbonyl (C=O) groups excluding carboxylic acids is 1. The lowest BCUT2D eigenvalue weighted by atomic mass is 9.75.